The maximum Gasteiger partial charge on any atom is 1.00 e. The van der Waals surface area contributed by atoms with Gasteiger partial charge in [0.05, 0.1) is 18.1 Å². The average Bonchev–Trinajstić information content (AvgIpc) is 2.75. The minimum atomic E-state index is -1.36. The molecular formula is C26H41KO4. The molecule has 0 radical (unpaired) electrons. The number of benzene rings is 1. The number of hydrogen-bond acceptors (Lipinski definition) is 4. The minimum absolute atomic E-state index is 0. The van der Waals surface area contributed by atoms with Crippen LogP contribution in [-0.2, 0) is 4.74 Å². The molecule has 0 saturated heterocycles. The van der Waals surface area contributed by atoms with Gasteiger partial charge in [-0.3, -0.25) is 0 Å². The Balaban J connectivity index is 0.00000900. The quantitative estimate of drug-likeness (QED) is 0.182. The summed E-state index contributed by atoms with van der Waals surface area (Å²) < 4.78 is 5.21. The van der Waals surface area contributed by atoms with Gasteiger partial charge < -0.3 is 14.6 Å². The molecule has 0 atom stereocenters. The molecule has 0 aromatic heterocycles. The van der Waals surface area contributed by atoms with Crippen LogP contribution in [0, 0.1) is 0 Å². The Hall–Kier alpha value is -0.204. The monoisotopic (exact) mass is 456 g/mol. The molecule has 0 aliphatic heterocycles. The first-order valence-corrected chi connectivity index (χ1v) is 12.1. The molecule has 4 nitrogen and oxygen atoms in total. The van der Waals surface area contributed by atoms with Crippen molar-refractivity contribution in [3.05, 3.63) is 35.4 Å². The number of carboxylic acid groups (broad SMARTS) is 1. The van der Waals surface area contributed by atoms with E-state index in [1.807, 2.05) is 0 Å². The Labute approximate surface area is 232 Å². The predicted octanol–water partition coefficient (Wildman–Crippen LogP) is 3.47. The number of hydrogen-bond donors (Lipinski definition) is 0. The Morgan fingerprint density at radius 2 is 1.06 bits per heavy atom. The fraction of sp³-hybridized carbons (Fsp3) is 0.692. The van der Waals surface area contributed by atoms with Gasteiger partial charge in [-0.1, -0.05) is 121 Å². The number of carboxylic acids is 1. The molecule has 0 unspecified atom stereocenters. The molecular weight excluding hydrogens is 415 g/mol. The normalized spacial score (nSPS) is 10.5. The molecule has 170 valence electrons. The standard InChI is InChI=1S/C26H42O4.K/c1-2-3-4-5-6-7-8-9-10-11-12-13-14-15-16-19-22-30-26(29)24-21-18-17-20-23(24)25(27)28;/h17-18,20-21H,2-16,19,22H2,1H3,(H,27,28);/q;+1/p-1. The van der Waals surface area contributed by atoms with Crippen molar-refractivity contribution in [2.75, 3.05) is 6.61 Å². The van der Waals surface area contributed by atoms with E-state index in [-0.39, 0.29) is 62.5 Å². The summed E-state index contributed by atoms with van der Waals surface area (Å²) >= 11 is 0. The van der Waals surface area contributed by atoms with Crippen LogP contribution in [0.1, 0.15) is 130 Å². The van der Waals surface area contributed by atoms with Crippen LogP contribution in [0.3, 0.4) is 0 Å². The van der Waals surface area contributed by atoms with E-state index in [9.17, 15) is 14.7 Å². The molecule has 0 aliphatic carbocycles. The van der Waals surface area contributed by atoms with E-state index in [0.717, 1.165) is 19.3 Å². The van der Waals surface area contributed by atoms with E-state index in [0.29, 0.717) is 6.61 Å². The summed E-state index contributed by atoms with van der Waals surface area (Å²) in [5.41, 5.74) is -0.0523. The second-order valence-electron chi connectivity index (χ2n) is 8.27. The van der Waals surface area contributed by atoms with E-state index >= 15 is 0 Å². The smallest absolute Gasteiger partial charge is 0.545 e. The Morgan fingerprint density at radius 3 is 1.48 bits per heavy atom. The molecule has 1 aromatic rings. The number of aromatic carboxylic acids is 1. The number of rotatable bonds is 19. The molecule has 0 amide bonds. The molecule has 0 N–H and O–H groups in total. The molecule has 0 aliphatic rings. The first-order valence-electron chi connectivity index (χ1n) is 12.1. The summed E-state index contributed by atoms with van der Waals surface area (Å²) in [5, 5.41) is 11.0. The van der Waals surface area contributed by atoms with Gasteiger partial charge >= 0.3 is 57.4 Å². The number of carbonyl (C=O) groups excluding carboxylic acids is 2. The van der Waals surface area contributed by atoms with Crippen molar-refractivity contribution >= 4 is 11.9 Å². The van der Waals surface area contributed by atoms with E-state index in [2.05, 4.69) is 6.92 Å². The van der Waals surface area contributed by atoms with Gasteiger partial charge in [0.1, 0.15) is 0 Å². The second-order valence-corrected chi connectivity index (χ2v) is 8.27. The summed E-state index contributed by atoms with van der Waals surface area (Å²) in [6.45, 7) is 2.60. The van der Waals surface area contributed by atoms with Gasteiger partial charge in [-0.25, -0.2) is 4.79 Å². The third-order valence-electron chi connectivity index (χ3n) is 5.60. The zero-order chi connectivity index (χ0) is 21.9. The van der Waals surface area contributed by atoms with Crippen molar-refractivity contribution in [1.29, 1.82) is 0 Å². The number of carbonyl (C=O) groups is 2. The fourth-order valence-corrected chi connectivity index (χ4v) is 3.73. The molecule has 5 heteroatoms. The summed E-state index contributed by atoms with van der Waals surface area (Å²) in [6.07, 6.45) is 20.7. The van der Waals surface area contributed by atoms with E-state index in [1.54, 1.807) is 12.1 Å². The predicted molar refractivity (Wildman–Crippen MR) is 121 cm³/mol. The van der Waals surface area contributed by atoms with Crippen LogP contribution in [0.15, 0.2) is 24.3 Å². The van der Waals surface area contributed by atoms with Crippen LogP contribution in [0.5, 0.6) is 0 Å². The van der Waals surface area contributed by atoms with Gasteiger partial charge in [0, 0.05) is 5.56 Å². The minimum Gasteiger partial charge on any atom is -0.545 e. The van der Waals surface area contributed by atoms with Crippen molar-refractivity contribution in [3.63, 3.8) is 0 Å². The van der Waals surface area contributed by atoms with Crippen LogP contribution in [0.2, 0.25) is 0 Å². The van der Waals surface area contributed by atoms with Crippen LogP contribution in [-0.4, -0.2) is 18.5 Å². The van der Waals surface area contributed by atoms with Gasteiger partial charge in [0.25, 0.3) is 0 Å². The van der Waals surface area contributed by atoms with E-state index < -0.39 is 11.9 Å². The molecule has 1 rings (SSSR count). The maximum atomic E-state index is 12.0. The topological polar surface area (TPSA) is 66.4 Å². The first-order chi connectivity index (χ1) is 14.7. The summed E-state index contributed by atoms with van der Waals surface area (Å²) in [6, 6.07) is 6.01. The Morgan fingerprint density at radius 1 is 0.677 bits per heavy atom. The van der Waals surface area contributed by atoms with Gasteiger partial charge in [0.15, 0.2) is 0 Å². The number of unbranched alkanes of at least 4 members (excludes halogenated alkanes) is 15. The number of ether oxygens (including phenoxy) is 1. The van der Waals surface area contributed by atoms with Crippen LogP contribution >= 0.6 is 0 Å². The fourth-order valence-electron chi connectivity index (χ4n) is 3.73. The van der Waals surface area contributed by atoms with E-state index in [4.69, 9.17) is 4.74 Å². The molecule has 0 bridgehead atoms. The molecule has 31 heavy (non-hydrogen) atoms. The van der Waals surface area contributed by atoms with Crippen LogP contribution in [0.25, 0.3) is 0 Å². The Bertz CT molecular complexity index is 589. The van der Waals surface area contributed by atoms with Crippen molar-refractivity contribution in [2.24, 2.45) is 0 Å². The molecule has 0 saturated carbocycles. The third-order valence-corrected chi connectivity index (χ3v) is 5.60. The molecule has 0 fully saturated rings. The first kappa shape index (κ1) is 30.8. The molecule has 0 spiro atoms. The van der Waals surface area contributed by atoms with Crippen molar-refractivity contribution in [1.82, 2.24) is 0 Å². The SMILES string of the molecule is CCCCCCCCCCCCCCCCCCOC(=O)c1ccccc1C(=O)[O-].[K+]. The zero-order valence-corrected chi connectivity index (χ0v) is 23.1. The summed E-state index contributed by atoms with van der Waals surface area (Å²) in [5.74, 6) is -1.94. The van der Waals surface area contributed by atoms with Crippen LogP contribution in [0.4, 0.5) is 0 Å². The molecule has 1 aromatic carbocycles. The maximum absolute atomic E-state index is 12.0. The number of esters is 1. The largest absolute Gasteiger partial charge is 1.00 e. The summed E-state index contributed by atoms with van der Waals surface area (Å²) in [4.78, 5) is 23.1. The van der Waals surface area contributed by atoms with Gasteiger partial charge in [-0.15, -0.1) is 0 Å². The Kier molecular flexibility index (Phi) is 21.5. The summed E-state index contributed by atoms with van der Waals surface area (Å²) in [7, 11) is 0. The van der Waals surface area contributed by atoms with E-state index in [1.165, 1.54) is 95.6 Å². The van der Waals surface area contributed by atoms with Gasteiger partial charge in [0.2, 0.25) is 0 Å². The van der Waals surface area contributed by atoms with Crippen molar-refractivity contribution in [2.45, 2.75) is 110 Å². The molecule has 0 heterocycles. The van der Waals surface area contributed by atoms with Crippen molar-refractivity contribution in [3.8, 4) is 0 Å². The third kappa shape index (κ3) is 16.1. The van der Waals surface area contributed by atoms with Gasteiger partial charge in [-0.2, -0.15) is 0 Å². The second kappa shape index (κ2) is 21.6. The van der Waals surface area contributed by atoms with Gasteiger partial charge in [-0.05, 0) is 12.5 Å². The average molecular weight is 457 g/mol. The van der Waals surface area contributed by atoms with Crippen molar-refractivity contribution < 1.29 is 70.8 Å². The zero-order valence-electron chi connectivity index (χ0n) is 20.0. The van der Waals surface area contributed by atoms with Crippen LogP contribution < -0.4 is 56.5 Å².